The lowest BCUT2D eigenvalue weighted by Gasteiger charge is -2.27. The largest absolute Gasteiger partial charge is 0.311 e. The monoisotopic (exact) mass is 300 g/mol. The molecule has 0 atom stereocenters. The summed E-state index contributed by atoms with van der Waals surface area (Å²) < 4.78 is 2.34. The van der Waals surface area contributed by atoms with Crippen LogP contribution in [0.4, 0.5) is 0 Å². The minimum atomic E-state index is 0.240. The van der Waals surface area contributed by atoms with E-state index in [2.05, 4.69) is 41.3 Å². The number of rotatable bonds is 4. The fraction of sp³-hybridized carbons (Fsp3) is 0.667. The summed E-state index contributed by atoms with van der Waals surface area (Å²) in [6, 6.07) is 4.05. The van der Waals surface area contributed by atoms with Crippen molar-refractivity contribution in [3.63, 3.8) is 0 Å². The maximum absolute atomic E-state index is 4.84. The zero-order chi connectivity index (χ0) is 15.6. The van der Waals surface area contributed by atoms with E-state index in [1.165, 1.54) is 38.2 Å². The molecule has 0 N–H and O–H groups in total. The fourth-order valence-electron chi connectivity index (χ4n) is 3.27. The van der Waals surface area contributed by atoms with E-state index in [0.717, 1.165) is 30.7 Å². The molecule has 0 aromatic carbocycles. The predicted molar refractivity (Wildman–Crippen MR) is 91.0 cm³/mol. The Balaban J connectivity index is 1.83. The Kier molecular flexibility index (Phi) is 4.48. The van der Waals surface area contributed by atoms with Gasteiger partial charge in [0.1, 0.15) is 11.3 Å². The molecule has 0 aliphatic carbocycles. The Hall–Kier alpha value is -1.42. The molecule has 2 aromatic heterocycles. The first-order chi connectivity index (χ1) is 10.5. The molecule has 0 unspecified atom stereocenters. The van der Waals surface area contributed by atoms with Gasteiger partial charge in [0.15, 0.2) is 5.65 Å². The van der Waals surface area contributed by atoms with Crippen molar-refractivity contribution in [2.45, 2.75) is 53.0 Å². The van der Waals surface area contributed by atoms with Crippen LogP contribution in [0.3, 0.4) is 0 Å². The molecular weight excluding hydrogens is 272 g/mol. The van der Waals surface area contributed by atoms with Gasteiger partial charge in [-0.15, -0.1) is 0 Å². The Morgan fingerprint density at radius 1 is 1.09 bits per heavy atom. The summed E-state index contributed by atoms with van der Waals surface area (Å²) in [5.41, 5.74) is 2.31. The molecule has 120 valence electrons. The lowest BCUT2D eigenvalue weighted by atomic mass is 9.92. The van der Waals surface area contributed by atoms with Crippen LogP contribution in [0, 0.1) is 5.41 Å². The van der Waals surface area contributed by atoms with Crippen LogP contribution in [0.2, 0.25) is 0 Å². The highest BCUT2D eigenvalue weighted by Gasteiger charge is 2.19. The highest BCUT2D eigenvalue weighted by molar-refractivity contribution is 5.71. The maximum atomic E-state index is 4.84. The van der Waals surface area contributed by atoms with Gasteiger partial charge in [-0.1, -0.05) is 27.2 Å². The van der Waals surface area contributed by atoms with Gasteiger partial charge in [0.2, 0.25) is 0 Å². The average molecular weight is 300 g/mol. The fourth-order valence-corrected chi connectivity index (χ4v) is 3.27. The van der Waals surface area contributed by atoms with Crippen LogP contribution in [-0.2, 0) is 13.0 Å². The molecule has 4 nitrogen and oxygen atoms in total. The van der Waals surface area contributed by atoms with Gasteiger partial charge in [-0.05, 0) is 43.5 Å². The van der Waals surface area contributed by atoms with Gasteiger partial charge in [-0.2, -0.15) is 0 Å². The van der Waals surface area contributed by atoms with Gasteiger partial charge in [0.25, 0.3) is 0 Å². The Morgan fingerprint density at radius 2 is 1.86 bits per heavy atom. The molecule has 0 radical (unpaired) electrons. The first kappa shape index (κ1) is 15.5. The van der Waals surface area contributed by atoms with Gasteiger partial charge in [-0.3, -0.25) is 0 Å². The molecule has 3 rings (SSSR count). The minimum Gasteiger partial charge on any atom is -0.311 e. The number of imidazole rings is 1. The zero-order valence-corrected chi connectivity index (χ0v) is 14.2. The SMILES string of the molecule is CC(C)(C)Cc1nc2cccnc2n1CCN1CCCCC1. The van der Waals surface area contributed by atoms with Gasteiger partial charge < -0.3 is 9.47 Å². The van der Waals surface area contributed by atoms with E-state index in [9.17, 15) is 0 Å². The van der Waals surface area contributed by atoms with Gasteiger partial charge >= 0.3 is 0 Å². The van der Waals surface area contributed by atoms with E-state index in [4.69, 9.17) is 4.98 Å². The van der Waals surface area contributed by atoms with Crippen molar-refractivity contribution < 1.29 is 0 Å². The van der Waals surface area contributed by atoms with Gasteiger partial charge in [0, 0.05) is 25.7 Å². The molecule has 0 bridgehead atoms. The smallest absolute Gasteiger partial charge is 0.160 e. The number of aromatic nitrogens is 3. The number of pyridine rings is 1. The highest BCUT2D eigenvalue weighted by Crippen LogP contribution is 2.23. The van der Waals surface area contributed by atoms with E-state index in [0.29, 0.717) is 0 Å². The first-order valence-corrected chi connectivity index (χ1v) is 8.55. The number of piperidine rings is 1. The van der Waals surface area contributed by atoms with E-state index in [-0.39, 0.29) is 5.41 Å². The number of nitrogens with zero attached hydrogens (tertiary/aromatic N) is 4. The standard InChI is InChI=1S/C18H28N4/c1-18(2,3)14-16-20-15-8-7-9-19-17(15)22(16)13-12-21-10-5-4-6-11-21/h7-9H,4-6,10-14H2,1-3H3. The molecule has 0 saturated carbocycles. The average Bonchev–Trinajstić information content (AvgIpc) is 2.81. The van der Waals surface area contributed by atoms with Crippen molar-refractivity contribution in [3.05, 3.63) is 24.2 Å². The zero-order valence-electron chi connectivity index (χ0n) is 14.2. The summed E-state index contributed by atoms with van der Waals surface area (Å²) in [4.78, 5) is 12.0. The molecule has 0 spiro atoms. The lowest BCUT2D eigenvalue weighted by molar-refractivity contribution is 0.220. The Labute approximate surface area is 133 Å². The molecule has 22 heavy (non-hydrogen) atoms. The van der Waals surface area contributed by atoms with Crippen LogP contribution in [0.5, 0.6) is 0 Å². The lowest BCUT2D eigenvalue weighted by Crippen LogP contribution is -2.33. The van der Waals surface area contributed by atoms with E-state index in [1.807, 2.05) is 12.3 Å². The first-order valence-electron chi connectivity index (χ1n) is 8.55. The topological polar surface area (TPSA) is 34.0 Å². The second-order valence-electron chi connectivity index (χ2n) is 7.67. The summed E-state index contributed by atoms with van der Waals surface area (Å²) in [6.45, 7) is 11.4. The van der Waals surface area contributed by atoms with Gasteiger partial charge in [0.05, 0.1) is 0 Å². The molecule has 1 aliphatic rings. The van der Waals surface area contributed by atoms with Crippen LogP contribution in [0.15, 0.2) is 18.3 Å². The van der Waals surface area contributed by atoms with Crippen LogP contribution >= 0.6 is 0 Å². The van der Waals surface area contributed by atoms with Crippen LogP contribution in [0.25, 0.3) is 11.2 Å². The number of fused-ring (bicyclic) bond motifs is 1. The quantitative estimate of drug-likeness (QED) is 0.866. The summed E-state index contributed by atoms with van der Waals surface area (Å²) in [5, 5.41) is 0. The minimum absolute atomic E-state index is 0.240. The van der Waals surface area contributed by atoms with Gasteiger partial charge in [-0.25, -0.2) is 9.97 Å². The Morgan fingerprint density at radius 3 is 2.59 bits per heavy atom. The van der Waals surface area contributed by atoms with Crippen LogP contribution in [0.1, 0.15) is 45.9 Å². The predicted octanol–water partition coefficient (Wildman–Crippen LogP) is 3.51. The molecule has 2 aromatic rings. The van der Waals surface area contributed by atoms with Crippen molar-refractivity contribution in [1.82, 2.24) is 19.4 Å². The van der Waals surface area contributed by atoms with E-state index in [1.54, 1.807) is 0 Å². The third-order valence-corrected chi connectivity index (χ3v) is 4.36. The summed E-state index contributed by atoms with van der Waals surface area (Å²) >= 11 is 0. The molecule has 4 heteroatoms. The van der Waals surface area contributed by atoms with Crippen molar-refractivity contribution in [3.8, 4) is 0 Å². The molecule has 3 heterocycles. The second kappa shape index (κ2) is 6.37. The molecule has 0 amide bonds. The summed E-state index contributed by atoms with van der Waals surface area (Å²) in [5.74, 6) is 1.18. The van der Waals surface area contributed by atoms with E-state index >= 15 is 0 Å². The third kappa shape index (κ3) is 3.67. The number of hydrogen-bond acceptors (Lipinski definition) is 3. The van der Waals surface area contributed by atoms with Crippen LogP contribution in [-0.4, -0.2) is 39.1 Å². The summed E-state index contributed by atoms with van der Waals surface area (Å²) in [6.07, 6.45) is 6.95. The van der Waals surface area contributed by atoms with Crippen molar-refractivity contribution >= 4 is 11.2 Å². The number of hydrogen-bond donors (Lipinski definition) is 0. The number of likely N-dealkylation sites (tertiary alicyclic amines) is 1. The maximum Gasteiger partial charge on any atom is 0.160 e. The third-order valence-electron chi connectivity index (χ3n) is 4.36. The van der Waals surface area contributed by atoms with E-state index < -0.39 is 0 Å². The van der Waals surface area contributed by atoms with Crippen molar-refractivity contribution in [1.29, 1.82) is 0 Å². The molecule has 1 fully saturated rings. The summed E-state index contributed by atoms with van der Waals surface area (Å²) in [7, 11) is 0. The normalized spacial score (nSPS) is 17.2. The van der Waals surface area contributed by atoms with Crippen LogP contribution < -0.4 is 0 Å². The van der Waals surface area contributed by atoms with Crippen molar-refractivity contribution in [2.24, 2.45) is 5.41 Å². The second-order valence-corrected chi connectivity index (χ2v) is 7.67. The highest BCUT2D eigenvalue weighted by atomic mass is 15.2. The molecule has 1 aliphatic heterocycles. The Bertz CT molecular complexity index is 618. The van der Waals surface area contributed by atoms with Crippen molar-refractivity contribution in [2.75, 3.05) is 19.6 Å². The molecular formula is C18H28N4. The molecule has 1 saturated heterocycles.